The van der Waals surface area contributed by atoms with Crippen molar-refractivity contribution in [1.29, 1.82) is 0 Å². The number of rotatable bonds is 4. The number of nitrogens with zero attached hydrogens (tertiary/aromatic N) is 2. The van der Waals surface area contributed by atoms with Crippen LogP contribution < -0.4 is 4.90 Å². The van der Waals surface area contributed by atoms with Gasteiger partial charge in [-0.1, -0.05) is 39.7 Å². The van der Waals surface area contributed by atoms with Crippen LogP contribution in [0.4, 0.5) is 5.69 Å². The van der Waals surface area contributed by atoms with Crippen molar-refractivity contribution in [3.8, 4) is 0 Å². The zero-order valence-electron chi connectivity index (χ0n) is 14.0. The molecule has 0 bridgehead atoms. The Bertz CT molecular complexity index is 832. The van der Waals surface area contributed by atoms with Crippen LogP contribution in [0.1, 0.15) is 27.0 Å². The molecule has 0 fully saturated rings. The lowest BCUT2D eigenvalue weighted by molar-refractivity contribution is -0.114. The fraction of sp³-hybridized carbons (Fsp3) is 0.263. The monoisotopic (exact) mass is 386 g/mol. The first kappa shape index (κ1) is 16.9. The minimum absolute atomic E-state index is 0.381. The summed E-state index contributed by atoms with van der Waals surface area (Å²) in [6.45, 7) is 5.26. The zero-order valence-corrected chi connectivity index (χ0v) is 15.6. The molecule has 0 saturated heterocycles. The Hall–Kier alpha value is -1.98. The summed E-state index contributed by atoms with van der Waals surface area (Å²) in [5.74, 6) is -0.901. The third-order valence-electron chi connectivity index (χ3n) is 4.25. The highest BCUT2D eigenvalue weighted by atomic mass is 79.9. The van der Waals surface area contributed by atoms with E-state index < -0.39 is 11.7 Å². The van der Waals surface area contributed by atoms with Gasteiger partial charge in [0, 0.05) is 11.0 Å². The van der Waals surface area contributed by atoms with Gasteiger partial charge in [-0.05, 0) is 50.2 Å². The highest BCUT2D eigenvalue weighted by Crippen LogP contribution is 2.31. The van der Waals surface area contributed by atoms with Crippen molar-refractivity contribution in [3.05, 3.63) is 63.1 Å². The number of aryl methyl sites for hydroxylation is 2. The molecule has 2 aromatic carbocycles. The molecule has 0 unspecified atom stereocenters. The third-order valence-corrected chi connectivity index (χ3v) is 4.75. The van der Waals surface area contributed by atoms with Crippen molar-refractivity contribution in [2.45, 2.75) is 20.4 Å². The molecule has 0 N–H and O–H groups in total. The second-order valence-corrected chi connectivity index (χ2v) is 7.22. The SMILES string of the molecule is Cc1ccc(CN(C)CN2C(=O)C(=O)c3cc(Br)ccc32)c(C)c1. The van der Waals surface area contributed by atoms with Crippen LogP contribution in [0.25, 0.3) is 0 Å². The fourth-order valence-electron chi connectivity index (χ4n) is 3.02. The molecule has 24 heavy (non-hydrogen) atoms. The van der Waals surface area contributed by atoms with Crippen LogP contribution in [0.3, 0.4) is 0 Å². The van der Waals surface area contributed by atoms with E-state index in [1.807, 2.05) is 24.1 Å². The van der Waals surface area contributed by atoms with E-state index in [0.717, 1.165) is 11.0 Å². The van der Waals surface area contributed by atoms with E-state index in [1.54, 1.807) is 11.0 Å². The lowest BCUT2D eigenvalue weighted by atomic mass is 10.1. The lowest BCUT2D eigenvalue weighted by Gasteiger charge is -2.25. The number of halogens is 1. The van der Waals surface area contributed by atoms with Crippen molar-refractivity contribution < 1.29 is 9.59 Å². The van der Waals surface area contributed by atoms with Crippen molar-refractivity contribution >= 4 is 33.3 Å². The van der Waals surface area contributed by atoms with Gasteiger partial charge in [-0.3, -0.25) is 19.4 Å². The molecule has 1 aliphatic heterocycles. The maximum Gasteiger partial charge on any atom is 0.300 e. The summed E-state index contributed by atoms with van der Waals surface area (Å²) in [5, 5.41) is 0. The number of benzene rings is 2. The van der Waals surface area contributed by atoms with E-state index >= 15 is 0 Å². The number of ketones is 1. The van der Waals surface area contributed by atoms with Crippen molar-refractivity contribution in [1.82, 2.24) is 4.90 Å². The summed E-state index contributed by atoms with van der Waals surface area (Å²) in [5.41, 5.74) is 4.83. The molecule has 3 rings (SSSR count). The molecule has 0 saturated carbocycles. The molecule has 2 aromatic rings. The number of amides is 1. The van der Waals surface area contributed by atoms with Gasteiger partial charge in [0.05, 0.1) is 17.9 Å². The molecule has 4 nitrogen and oxygen atoms in total. The summed E-state index contributed by atoms with van der Waals surface area (Å²) in [7, 11) is 1.95. The predicted octanol–water partition coefficient (Wildman–Crippen LogP) is 3.68. The molecule has 0 aromatic heterocycles. The average molecular weight is 387 g/mol. The van der Waals surface area contributed by atoms with Crippen molar-refractivity contribution in [3.63, 3.8) is 0 Å². The molecular weight excluding hydrogens is 368 g/mol. The third kappa shape index (κ3) is 3.14. The molecular formula is C19H19BrN2O2. The molecule has 0 atom stereocenters. The van der Waals surface area contributed by atoms with E-state index in [-0.39, 0.29) is 0 Å². The Labute approximate surface area is 150 Å². The van der Waals surface area contributed by atoms with E-state index in [1.165, 1.54) is 16.7 Å². The molecule has 0 aliphatic carbocycles. The highest BCUT2D eigenvalue weighted by molar-refractivity contribution is 9.10. The number of hydrogen-bond acceptors (Lipinski definition) is 3. The normalized spacial score (nSPS) is 13.8. The Morgan fingerprint density at radius 2 is 1.83 bits per heavy atom. The van der Waals surface area contributed by atoms with Gasteiger partial charge in [-0.15, -0.1) is 0 Å². The summed E-state index contributed by atoms with van der Waals surface area (Å²) in [4.78, 5) is 28.1. The van der Waals surface area contributed by atoms with Gasteiger partial charge < -0.3 is 0 Å². The molecule has 1 heterocycles. The average Bonchev–Trinajstić information content (AvgIpc) is 2.75. The Balaban J connectivity index is 1.79. The van der Waals surface area contributed by atoms with Crippen LogP contribution in [0.15, 0.2) is 40.9 Å². The van der Waals surface area contributed by atoms with E-state index in [4.69, 9.17) is 0 Å². The predicted molar refractivity (Wildman–Crippen MR) is 98.2 cm³/mol. The van der Waals surface area contributed by atoms with Gasteiger partial charge in [0.15, 0.2) is 0 Å². The highest BCUT2D eigenvalue weighted by Gasteiger charge is 2.36. The second kappa shape index (κ2) is 6.49. The molecule has 5 heteroatoms. The first-order valence-electron chi connectivity index (χ1n) is 7.77. The minimum Gasteiger partial charge on any atom is -0.291 e. The van der Waals surface area contributed by atoms with Gasteiger partial charge in [0.1, 0.15) is 0 Å². The van der Waals surface area contributed by atoms with Crippen LogP contribution in [-0.2, 0) is 11.3 Å². The summed E-state index contributed by atoms with van der Waals surface area (Å²) < 4.78 is 0.799. The first-order valence-corrected chi connectivity index (χ1v) is 8.56. The topological polar surface area (TPSA) is 40.6 Å². The number of fused-ring (bicyclic) bond motifs is 1. The summed E-state index contributed by atoms with van der Waals surface area (Å²) >= 11 is 3.35. The van der Waals surface area contributed by atoms with Crippen LogP contribution >= 0.6 is 15.9 Å². The molecule has 0 radical (unpaired) electrons. The van der Waals surface area contributed by atoms with Crippen LogP contribution in [-0.4, -0.2) is 30.3 Å². The van der Waals surface area contributed by atoms with Gasteiger partial charge in [0.25, 0.3) is 5.78 Å². The quantitative estimate of drug-likeness (QED) is 0.752. The van der Waals surface area contributed by atoms with E-state index in [9.17, 15) is 9.59 Å². The number of anilines is 1. The fourth-order valence-corrected chi connectivity index (χ4v) is 3.38. The lowest BCUT2D eigenvalue weighted by Crippen LogP contribution is -2.39. The largest absolute Gasteiger partial charge is 0.300 e. The zero-order chi connectivity index (χ0) is 17.4. The summed E-state index contributed by atoms with van der Waals surface area (Å²) in [6, 6.07) is 11.7. The van der Waals surface area contributed by atoms with Crippen molar-refractivity contribution in [2.75, 3.05) is 18.6 Å². The number of carbonyl (C=O) groups excluding carboxylic acids is 2. The summed E-state index contributed by atoms with van der Waals surface area (Å²) in [6.07, 6.45) is 0. The second-order valence-electron chi connectivity index (χ2n) is 6.31. The van der Waals surface area contributed by atoms with Gasteiger partial charge >= 0.3 is 5.91 Å². The minimum atomic E-state index is -0.462. The van der Waals surface area contributed by atoms with E-state index in [0.29, 0.717) is 17.9 Å². The molecule has 1 aliphatic rings. The van der Waals surface area contributed by atoms with Gasteiger partial charge in [-0.2, -0.15) is 0 Å². The smallest absolute Gasteiger partial charge is 0.291 e. The van der Waals surface area contributed by atoms with Crippen LogP contribution in [0, 0.1) is 13.8 Å². The standard InChI is InChI=1S/C19H19BrN2O2/c1-12-4-5-14(13(2)8-12)10-21(3)11-22-17-7-6-15(20)9-16(17)18(23)19(22)24/h4-9H,10-11H2,1-3H3. The Kier molecular flexibility index (Phi) is 4.56. The van der Waals surface area contributed by atoms with Gasteiger partial charge in [0.2, 0.25) is 0 Å². The van der Waals surface area contributed by atoms with Crippen LogP contribution in [0.2, 0.25) is 0 Å². The number of Topliss-reactive ketones (excluding diaryl/α,β-unsaturated/α-hetero) is 1. The maximum atomic E-state index is 12.3. The van der Waals surface area contributed by atoms with Crippen LogP contribution in [0.5, 0.6) is 0 Å². The Morgan fingerprint density at radius 3 is 2.54 bits per heavy atom. The molecule has 124 valence electrons. The first-order chi connectivity index (χ1) is 11.4. The Morgan fingerprint density at radius 1 is 1.08 bits per heavy atom. The van der Waals surface area contributed by atoms with E-state index in [2.05, 4.69) is 48.0 Å². The number of carbonyl (C=O) groups is 2. The van der Waals surface area contributed by atoms with Gasteiger partial charge in [-0.25, -0.2) is 0 Å². The molecule has 0 spiro atoms. The van der Waals surface area contributed by atoms with Crippen molar-refractivity contribution in [2.24, 2.45) is 0 Å². The number of hydrogen-bond donors (Lipinski definition) is 0. The molecule has 1 amide bonds. The maximum absolute atomic E-state index is 12.3.